The zero-order valence-corrected chi connectivity index (χ0v) is 12.8. The minimum Gasteiger partial charge on any atom is -0.223 e. The Kier molecular flexibility index (Phi) is 5.04. The second kappa shape index (κ2) is 6.77. The molecule has 2 rings (SSSR count). The Bertz CT molecular complexity index is 672. The summed E-state index contributed by atoms with van der Waals surface area (Å²) in [7, 11) is -3.23. The van der Waals surface area contributed by atoms with Crippen LogP contribution in [0.4, 0.5) is 0 Å². The number of sulfone groups is 1. The first kappa shape index (κ1) is 14.9. The van der Waals surface area contributed by atoms with Crippen LogP contribution in [-0.4, -0.2) is 14.2 Å². The molecular formula is C16H16O2S2. The van der Waals surface area contributed by atoms with Crippen molar-refractivity contribution < 1.29 is 8.42 Å². The molecule has 0 N–H and O–H groups in total. The van der Waals surface area contributed by atoms with Crippen molar-refractivity contribution in [2.45, 2.75) is 16.7 Å². The van der Waals surface area contributed by atoms with E-state index >= 15 is 0 Å². The van der Waals surface area contributed by atoms with Crippen LogP contribution in [0.5, 0.6) is 0 Å². The summed E-state index contributed by atoms with van der Waals surface area (Å²) in [5.41, 5.74) is 1.05. The van der Waals surface area contributed by atoms with Gasteiger partial charge in [0, 0.05) is 4.90 Å². The molecule has 2 aromatic carbocycles. The number of thioether (sulfide) groups is 1. The van der Waals surface area contributed by atoms with Crippen LogP contribution in [0.3, 0.4) is 0 Å². The molecule has 0 aromatic heterocycles. The molecule has 0 aliphatic rings. The molecule has 0 saturated heterocycles. The van der Waals surface area contributed by atoms with Gasteiger partial charge in [-0.3, -0.25) is 0 Å². The van der Waals surface area contributed by atoms with Crippen molar-refractivity contribution in [3.8, 4) is 0 Å². The van der Waals surface area contributed by atoms with E-state index in [1.54, 1.807) is 18.2 Å². The zero-order chi connectivity index (χ0) is 14.4. The maximum atomic E-state index is 12.1. The van der Waals surface area contributed by atoms with E-state index < -0.39 is 9.84 Å². The Balaban J connectivity index is 1.97. The molecule has 2 nitrogen and oxygen atoms in total. The lowest BCUT2D eigenvalue weighted by atomic mass is 10.2. The summed E-state index contributed by atoms with van der Waals surface area (Å²) < 4.78 is 24.2. The van der Waals surface area contributed by atoms with Crippen molar-refractivity contribution in [3.05, 3.63) is 71.6 Å². The second-order valence-electron chi connectivity index (χ2n) is 4.40. The van der Waals surface area contributed by atoms with Gasteiger partial charge in [0.1, 0.15) is 0 Å². The van der Waals surface area contributed by atoms with E-state index in [4.69, 9.17) is 0 Å². The number of hydrogen-bond acceptors (Lipinski definition) is 3. The fraction of sp³-hybridized carbons (Fsp3) is 0.125. The number of aryl methyl sites for hydroxylation is 1. The van der Waals surface area contributed by atoms with Crippen molar-refractivity contribution in [1.82, 2.24) is 0 Å². The van der Waals surface area contributed by atoms with Gasteiger partial charge in [0.15, 0.2) is 9.84 Å². The Labute approximate surface area is 124 Å². The minimum absolute atomic E-state index is 0.0237. The van der Waals surface area contributed by atoms with Crippen molar-refractivity contribution in [2.24, 2.45) is 0 Å². The summed E-state index contributed by atoms with van der Waals surface area (Å²) in [4.78, 5) is 1.47. The van der Waals surface area contributed by atoms with E-state index in [0.29, 0.717) is 4.90 Å². The second-order valence-corrected chi connectivity index (χ2v) is 7.41. The Hall–Kier alpha value is -1.52. The maximum Gasteiger partial charge on any atom is 0.181 e. The first-order valence-corrected chi connectivity index (χ1v) is 8.77. The standard InChI is InChI=1S/C16H16O2S2/c1-14-8-10-16(11-9-14)20(17,18)13-5-12-19-15-6-3-2-4-7-15/h2-12H,13H2,1H3/b12-5+. The normalized spacial score (nSPS) is 11.8. The molecule has 0 aliphatic heterocycles. The summed E-state index contributed by atoms with van der Waals surface area (Å²) >= 11 is 1.51. The lowest BCUT2D eigenvalue weighted by Gasteiger charge is -2.01. The summed E-state index contributed by atoms with van der Waals surface area (Å²) in [6.45, 7) is 1.94. The van der Waals surface area contributed by atoms with Crippen molar-refractivity contribution in [3.63, 3.8) is 0 Å². The average Bonchev–Trinajstić information content (AvgIpc) is 2.45. The Morgan fingerprint density at radius 1 is 1.00 bits per heavy atom. The highest BCUT2D eigenvalue weighted by Gasteiger charge is 2.11. The topological polar surface area (TPSA) is 34.1 Å². The molecule has 0 bridgehead atoms. The monoisotopic (exact) mass is 304 g/mol. The minimum atomic E-state index is -3.23. The molecule has 104 valence electrons. The Morgan fingerprint density at radius 2 is 1.65 bits per heavy atom. The smallest absolute Gasteiger partial charge is 0.181 e. The molecule has 0 radical (unpaired) electrons. The molecule has 0 heterocycles. The van der Waals surface area contributed by atoms with Gasteiger partial charge in [0.2, 0.25) is 0 Å². The third-order valence-electron chi connectivity index (χ3n) is 2.74. The molecule has 20 heavy (non-hydrogen) atoms. The summed E-state index contributed by atoms with van der Waals surface area (Å²) in [6.07, 6.45) is 1.69. The highest BCUT2D eigenvalue weighted by molar-refractivity contribution is 8.02. The fourth-order valence-electron chi connectivity index (χ4n) is 1.63. The SMILES string of the molecule is Cc1ccc(S(=O)(=O)C/C=C/Sc2ccccc2)cc1. The van der Waals surface area contributed by atoms with Crippen LogP contribution in [-0.2, 0) is 9.84 Å². The van der Waals surface area contributed by atoms with E-state index in [9.17, 15) is 8.42 Å². The van der Waals surface area contributed by atoms with Crippen LogP contribution in [0, 0.1) is 6.92 Å². The molecular weight excluding hydrogens is 288 g/mol. The first-order valence-electron chi connectivity index (χ1n) is 6.24. The van der Waals surface area contributed by atoms with Gasteiger partial charge < -0.3 is 0 Å². The van der Waals surface area contributed by atoms with Crippen molar-refractivity contribution in [2.75, 3.05) is 5.75 Å². The third kappa shape index (κ3) is 4.25. The number of benzene rings is 2. The lowest BCUT2D eigenvalue weighted by Crippen LogP contribution is -2.04. The molecule has 0 fully saturated rings. The van der Waals surface area contributed by atoms with E-state index in [1.165, 1.54) is 11.8 Å². The van der Waals surface area contributed by atoms with Gasteiger partial charge in [0.05, 0.1) is 10.6 Å². The zero-order valence-electron chi connectivity index (χ0n) is 11.2. The first-order chi connectivity index (χ1) is 9.58. The molecule has 0 aliphatic carbocycles. The Morgan fingerprint density at radius 3 is 2.30 bits per heavy atom. The van der Waals surface area contributed by atoms with Gasteiger partial charge in [-0.1, -0.05) is 53.7 Å². The summed E-state index contributed by atoms with van der Waals surface area (Å²) in [6, 6.07) is 16.8. The summed E-state index contributed by atoms with van der Waals surface area (Å²) in [5.74, 6) is 0.0237. The molecule has 2 aromatic rings. The van der Waals surface area contributed by atoms with Gasteiger partial charge >= 0.3 is 0 Å². The van der Waals surface area contributed by atoms with Gasteiger partial charge in [0.25, 0.3) is 0 Å². The number of rotatable bonds is 5. The third-order valence-corrected chi connectivity index (χ3v) is 5.23. The molecule has 0 saturated carbocycles. The van der Waals surface area contributed by atoms with E-state index in [0.717, 1.165) is 10.5 Å². The molecule has 4 heteroatoms. The molecule has 0 atom stereocenters. The fourth-order valence-corrected chi connectivity index (χ4v) is 3.51. The van der Waals surface area contributed by atoms with Crippen molar-refractivity contribution in [1.29, 1.82) is 0 Å². The molecule has 0 spiro atoms. The van der Waals surface area contributed by atoms with Crippen LogP contribution < -0.4 is 0 Å². The van der Waals surface area contributed by atoms with Crippen LogP contribution in [0.1, 0.15) is 5.56 Å². The van der Waals surface area contributed by atoms with Gasteiger partial charge in [-0.25, -0.2) is 8.42 Å². The predicted octanol–water partition coefficient (Wildman–Crippen LogP) is 4.07. The van der Waals surface area contributed by atoms with Crippen LogP contribution in [0.2, 0.25) is 0 Å². The van der Waals surface area contributed by atoms with Gasteiger partial charge in [-0.05, 0) is 36.6 Å². The van der Waals surface area contributed by atoms with E-state index in [-0.39, 0.29) is 5.75 Å². The maximum absolute atomic E-state index is 12.1. The lowest BCUT2D eigenvalue weighted by molar-refractivity contribution is 0.599. The van der Waals surface area contributed by atoms with E-state index in [1.807, 2.05) is 54.8 Å². The quantitative estimate of drug-likeness (QED) is 0.781. The summed E-state index contributed by atoms with van der Waals surface area (Å²) in [5, 5.41) is 1.82. The highest BCUT2D eigenvalue weighted by Crippen LogP contribution is 2.19. The molecule has 0 amide bonds. The largest absolute Gasteiger partial charge is 0.223 e. The number of hydrogen-bond donors (Lipinski definition) is 0. The van der Waals surface area contributed by atoms with Crippen LogP contribution in [0.15, 0.2) is 75.9 Å². The van der Waals surface area contributed by atoms with Crippen LogP contribution in [0.25, 0.3) is 0 Å². The van der Waals surface area contributed by atoms with Gasteiger partial charge in [-0.2, -0.15) is 0 Å². The van der Waals surface area contributed by atoms with Crippen molar-refractivity contribution >= 4 is 21.6 Å². The predicted molar refractivity (Wildman–Crippen MR) is 84.7 cm³/mol. The van der Waals surface area contributed by atoms with Gasteiger partial charge in [-0.15, -0.1) is 0 Å². The highest BCUT2D eigenvalue weighted by atomic mass is 32.2. The average molecular weight is 304 g/mol. The van der Waals surface area contributed by atoms with E-state index in [2.05, 4.69) is 0 Å². The molecule has 0 unspecified atom stereocenters. The van der Waals surface area contributed by atoms with Crippen LogP contribution >= 0.6 is 11.8 Å².